The van der Waals surface area contributed by atoms with Crippen LogP contribution in [0.5, 0.6) is 0 Å². The lowest BCUT2D eigenvalue weighted by molar-refractivity contribution is -0.115. The van der Waals surface area contributed by atoms with E-state index in [1.165, 1.54) is 23.3 Å². The maximum atomic E-state index is 12.3. The number of carbonyl (C=O) groups excluding carboxylic acids is 1. The number of fused-ring (bicyclic) bond motifs is 1. The number of aryl methyl sites for hydroxylation is 3. The van der Waals surface area contributed by atoms with Gasteiger partial charge < -0.3 is 5.32 Å². The molecule has 3 aromatic rings. The normalized spacial score (nSPS) is 12.8. The highest BCUT2D eigenvalue weighted by Gasteiger charge is 2.16. The summed E-state index contributed by atoms with van der Waals surface area (Å²) in [5.41, 5.74) is 5.86. The Hall–Kier alpha value is -2.69. The second-order valence-corrected chi connectivity index (χ2v) is 9.28. The fourth-order valence-electron chi connectivity index (χ4n) is 3.42. The number of hydrogen-bond acceptors (Lipinski definition) is 6. The van der Waals surface area contributed by atoms with E-state index in [2.05, 4.69) is 16.4 Å². The number of rotatable bonds is 6. The van der Waals surface area contributed by atoms with Crippen molar-refractivity contribution in [2.75, 3.05) is 5.32 Å². The van der Waals surface area contributed by atoms with Crippen LogP contribution < -0.4 is 5.32 Å². The van der Waals surface area contributed by atoms with Crippen LogP contribution in [-0.2, 0) is 29.8 Å². The molecule has 2 heterocycles. The zero-order valence-electron chi connectivity index (χ0n) is 16.8. The van der Waals surface area contributed by atoms with Gasteiger partial charge in [-0.15, -0.1) is 11.3 Å². The predicted molar refractivity (Wildman–Crippen MR) is 121 cm³/mol. The van der Waals surface area contributed by atoms with Crippen molar-refractivity contribution in [3.63, 3.8) is 0 Å². The second kappa shape index (κ2) is 9.41. The molecule has 0 unspecified atom stereocenters. The Morgan fingerprint density at radius 2 is 2.03 bits per heavy atom. The number of nitrogens with one attached hydrogen (secondary N) is 1. The molecule has 0 bridgehead atoms. The highest BCUT2D eigenvalue weighted by atomic mass is 32.2. The van der Waals surface area contributed by atoms with Crippen molar-refractivity contribution in [2.24, 2.45) is 0 Å². The third-order valence-corrected chi connectivity index (χ3v) is 6.91. The Morgan fingerprint density at radius 1 is 1.23 bits per heavy atom. The van der Waals surface area contributed by atoms with Gasteiger partial charge in [-0.25, -0.2) is 9.97 Å². The number of pyridine rings is 1. The van der Waals surface area contributed by atoms with Crippen LogP contribution in [-0.4, -0.2) is 15.9 Å². The van der Waals surface area contributed by atoms with E-state index in [9.17, 15) is 10.1 Å². The summed E-state index contributed by atoms with van der Waals surface area (Å²) in [4.78, 5) is 21.6. The summed E-state index contributed by atoms with van der Waals surface area (Å²) in [7, 11) is 0. The number of thioether (sulfide) groups is 1. The molecule has 1 aromatic carbocycles. The van der Waals surface area contributed by atoms with E-state index < -0.39 is 0 Å². The minimum atomic E-state index is -0.0736. The molecule has 0 saturated heterocycles. The number of amides is 1. The first-order valence-electron chi connectivity index (χ1n) is 9.96. The van der Waals surface area contributed by atoms with Crippen LogP contribution in [0.1, 0.15) is 45.9 Å². The zero-order chi connectivity index (χ0) is 20.9. The van der Waals surface area contributed by atoms with Crippen molar-refractivity contribution in [2.45, 2.75) is 49.8 Å². The number of aromatic nitrogens is 2. The summed E-state index contributed by atoms with van der Waals surface area (Å²) < 4.78 is 0. The Morgan fingerprint density at radius 3 is 2.83 bits per heavy atom. The van der Waals surface area contributed by atoms with Gasteiger partial charge in [0.25, 0.3) is 0 Å². The number of anilines is 1. The molecule has 1 aliphatic carbocycles. The van der Waals surface area contributed by atoms with Crippen LogP contribution in [0.3, 0.4) is 0 Å². The zero-order valence-corrected chi connectivity index (χ0v) is 18.4. The van der Waals surface area contributed by atoms with E-state index >= 15 is 0 Å². The minimum absolute atomic E-state index is 0.0736. The molecule has 1 aliphatic rings. The quantitative estimate of drug-likeness (QED) is 0.548. The third kappa shape index (κ3) is 5.07. The monoisotopic (exact) mass is 434 g/mol. The van der Waals surface area contributed by atoms with Gasteiger partial charge in [-0.1, -0.05) is 29.5 Å². The molecule has 152 valence electrons. The van der Waals surface area contributed by atoms with Crippen LogP contribution >= 0.6 is 23.1 Å². The van der Waals surface area contributed by atoms with Gasteiger partial charge in [0.15, 0.2) is 0 Å². The van der Waals surface area contributed by atoms with E-state index in [1.807, 2.05) is 42.6 Å². The molecule has 1 N–H and O–H groups in total. The molecule has 0 saturated carbocycles. The summed E-state index contributed by atoms with van der Waals surface area (Å²) in [6.45, 7) is 2.01. The van der Waals surface area contributed by atoms with E-state index in [-0.39, 0.29) is 12.3 Å². The number of carbonyl (C=O) groups is 1. The summed E-state index contributed by atoms with van der Waals surface area (Å²) in [6, 6.07) is 12.0. The first-order valence-corrected chi connectivity index (χ1v) is 11.8. The van der Waals surface area contributed by atoms with Crippen molar-refractivity contribution < 1.29 is 4.79 Å². The van der Waals surface area contributed by atoms with Gasteiger partial charge in [-0.2, -0.15) is 5.26 Å². The molecule has 0 spiro atoms. The molecule has 4 rings (SSSR count). The van der Waals surface area contributed by atoms with Gasteiger partial charge in [0.1, 0.15) is 16.1 Å². The van der Waals surface area contributed by atoms with Crippen molar-refractivity contribution >= 4 is 34.7 Å². The number of thiazole rings is 1. The van der Waals surface area contributed by atoms with Gasteiger partial charge in [0, 0.05) is 22.5 Å². The third-order valence-electron chi connectivity index (χ3n) is 4.99. The summed E-state index contributed by atoms with van der Waals surface area (Å²) in [5.74, 6) is 0.562. The first kappa shape index (κ1) is 20.6. The lowest BCUT2D eigenvalue weighted by atomic mass is 9.95. The maximum Gasteiger partial charge on any atom is 0.231 e. The Kier molecular flexibility index (Phi) is 6.46. The second-order valence-electron chi connectivity index (χ2n) is 7.38. The van der Waals surface area contributed by atoms with Gasteiger partial charge in [-0.3, -0.25) is 4.79 Å². The first-order chi connectivity index (χ1) is 14.6. The summed E-state index contributed by atoms with van der Waals surface area (Å²) >= 11 is 3.03. The van der Waals surface area contributed by atoms with Gasteiger partial charge in [-0.05, 0) is 56.4 Å². The average Bonchev–Trinajstić information content (AvgIpc) is 3.20. The smallest absolute Gasteiger partial charge is 0.231 e. The van der Waals surface area contributed by atoms with E-state index in [1.54, 1.807) is 11.8 Å². The maximum absolute atomic E-state index is 12.3. The average molecular weight is 435 g/mol. The molecule has 0 radical (unpaired) electrons. The molecule has 7 heteroatoms. The van der Waals surface area contributed by atoms with E-state index in [4.69, 9.17) is 4.98 Å². The van der Waals surface area contributed by atoms with Crippen LogP contribution in [0.25, 0.3) is 0 Å². The SMILES string of the molecule is Cc1ccc(NC(=O)Cc2nc(CSc3nc4c(cc3C#N)CCCC4)cs2)cc1. The molecular weight excluding hydrogens is 412 g/mol. The topological polar surface area (TPSA) is 78.7 Å². The summed E-state index contributed by atoms with van der Waals surface area (Å²) in [6.07, 6.45) is 4.60. The molecule has 0 atom stereocenters. The lowest BCUT2D eigenvalue weighted by Crippen LogP contribution is -2.14. The van der Waals surface area contributed by atoms with Crippen molar-refractivity contribution in [3.05, 3.63) is 68.8 Å². The van der Waals surface area contributed by atoms with Crippen LogP contribution in [0.15, 0.2) is 40.7 Å². The van der Waals surface area contributed by atoms with Gasteiger partial charge in [0.05, 0.1) is 17.7 Å². The molecule has 1 amide bonds. The van der Waals surface area contributed by atoms with Crippen molar-refractivity contribution in [1.82, 2.24) is 9.97 Å². The van der Waals surface area contributed by atoms with E-state index in [0.717, 1.165) is 51.9 Å². The number of nitrogens with zero attached hydrogens (tertiary/aromatic N) is 3. The number of hydrogen-bond donors (Lipinski definition) is 1. The molecule has 0 fully saturated rings. The Balaban J connectivity index is 1.36. The highest BCUT2D eigenvalue weighted by molar-refractivity contribution is 7.98. The van der Waals surface area contributed by atoms with Gasteiger partial charge >= 0.3 is 0 Å². The summed E-state index contributed by atoms with van der Waals surface area (Å²) in [5, 5.41) is 15.9. The predicted octanol–water partition coefficient (Wildman–Crippen LogP) is 5.07. The fourth-order valence-corrected chi connectivity index (χ4v) is 5.19. The highest BCUT2D eigenvalue weighted by Crippen LogP contribution is 2.29. The Labute approximate surface area is 184 Å². The molecule has 30 heavy (non-hydrogen) atoms. The van der Waals surface area contributed by atoms with Crippen molar-refractivity contribution in [3.8, 4) is 6.07 Å². The largest absolute Gasteiger partial charge is 0.326 e. The fraction of sp³-hybridized carbons (Fsp3) is 0.304. The minimum Gasteiger partial charge on any atom is -0.326 e. The van der Waals surface area contributed by atoms with Crippen LogP contribution in [0, 0.1) is 18.3 Å². The molecular formula is C23H22N4OS2. The molecule has 2 aromatic heterocycles. The number of nitriles is 1. The van der Waals surface area contributed by atoms with Crippen LogP contribution in [0.2, 0.25) is 0 Å². The Bertz CT molecular complexity index is 1100. The lowest BCUT2D eigenvalue weighted by Gasteiger charge is -2.16. The van der Waals surface area contributed by atoms with E-state index in [0.29, 0.717) is 11.3 Å². The number of benzene rings is 1. The molecule has 0 aliphatic heterocycles. The standard InChI is InChI=1S/C23H22N4OS2/c1-15-6-8-18(9-7-15)25-21(28)11-22-26-19(13-29-22)14-30-23-17(12-24)10-16-4-2-3-5-20(16)27-23/h6-10,13H,2-5,11,14H2,1H3,(H,25,28). The molecule has 5 nitrogen and oxygen atoms in total. The van der Waals surface area contributed by atoms with Gasteiger partial charge in [0.2, 0.25) is 5.91 Å². The van der Waals surface area contributed by atoms with Crippen LogP contribution in [0.4, 0.5) is 5.69 Å². The van der Waals surface area contributed by atoms with Crippen molar-refractivity contribution in [1.29, 1.82) is 5.26 Å².